The maximum Gasteiger partial charge on any atom is 0.229 e. The second kappa shape index (κ2) is 5.23. The quantitative estimate of drug-likeness (QED) is 0.892. The van der Waals surface area contributed by atoms with Crippen molar-refractivity contribution in [1.82, 2.24) is 9.97 Å². The van der Waals surface area contributed by atoms with Crippen molar-refractivity contribution in [3.8, 4) is 0 Å². The van der Waals surface area contributed by atoms with Gasteiger partial charge in [0.25, 0.3) is 0 Å². The van der Waals surface area contributed by atoms with E-state index in [1.165, 1.54) is 6.33 Å². The standard InChI is InChI=1S/C12H14N4O2S/c1-9-7-12(14-8-13-9)15-10-3-5-11(6-4-10)16-19(2,17)18/h3-8,16H,1-2H3,(H,13,14,15). The highest BCUT2D eigenvalue weighted by atomic mass is 32.2. The van der Waals surface area contributed by atoms with Gasteiger partial charge in [0, 0.05) is 23.1 Å². The molecule has 1 aromatic heterocycles. The first kappa shape index (κ1) is 13.3. The minimum absolute atomic E-state index is 0.520. The molecule has 0 fully saturated rings. The first-order chi connectivity index (χ1) is 8.92. The number of hydrogen-bond acceptors (Lipinski definition) is 5. The average Bonchev–Trinajstić information content (AvgIpc) is 2.30. The Morgan fingerprint density at radius 1 is 1.05 bits per heavy atom. The Morgan fingerprint density at radius 3 is 2.26 bits per heavy atom. The molecule has 7 heteroatoms. The number of rotatable bonds is 4. The van der Waals surface area contributed by atoms with E-state index in [-0.39, 0.29) is 0 Å². The highest BCUT2D eigenvalue weighted by Gasteiger charge is 2.02. The Bertz CT molecular complexity index is 668. The summed E-state index contributed by atoms with van der Waals surface area (Å²) in [5.74, 6) is 0.691. The Balaban J connectivity index is 2.11. The number of hydrogen-bond donors (Lipinski definition) is 2. The van der Waals surface area contributed by atoms with Crippen LogP contribution in [0.15, 0.2) is 36.7 Å². The molecule has 6 nitrogen and oxygen atoms in total. The fourth-order valence-electron chi connectivity index (χ4n) is 1.51. The van der Waals surface area contributed by atoms with E-state index < -0.39 is 10.0 Å². The van der Waals surface area contributed by atoms with Crippen LogP contribution in [0, 0.1) is 6.92 Å². The molecule has 0 saturated heterocycles. The lowest BCUT2D eigenvalue weighted by Gasteiger charge is -2.07. The number of nitrogens with zero attached hydrogens (tertiary/aromatic N) is 2. The summed E-state index contributed by atoms with van der Waals surface area (Å²) in [6, 6.07) is 8.72. The van der Waals surface area contributed by atoms with Gasteiger partial charge in [-0.25, -0.2) is 18.4 Å². The molecule has 19 heavy (non-hydrogen) atoms. The summed E-state index contributed by atoms with van der Waals surface area (Å²) >= 11 is 0. The van der Waals surface area contributed by atoms with Crippen molar-refractivity contribution in [2.45, 2.75) is 6.92 Å². The van der Waals surface area contributed by atoms with Crippen LogP contribution >= 0.6 is 0 Å². The molecule has 2 aromatic rings. The minimum Gasteiger partial charge on any atom is -0.340 e. The largest absolute Gasteiger partial charge is 0.340 e. The molecule has 0 spiro atoms. The van der Waals surface area contributed by atoms with Crippen molar-refractivity contribution >= 4 is 27.2 Å². The monoisotopic (exact) mass is 278 g/mol. The van der Waals surface area contributed by atoms with Gasteiger partial charge >= 0.3 is 0 Å². The molecular weight excluding hydrogens is 264 g/mol. The van der Waals surface area contributed by atoms with E-state index in [1.54, 1.807) is 24.3 Å². The van der Waals surface area contributed by atoms with Gasteiger partial charge < -0.3 is 5.32 Å². The van der Waals surface area contributed by atoms with Gasteiger partial charge in [-0.2, -0.15) is 0 Å². The molecule has 0 aliphatic rings. The van der Waals surface area contributed by atoms with Crippen LogP contribution in [0.4, 0.5) is 17.2 Å². The number of sulfonamides is 1. The summed E-state index contributed by atoms with van der Waals surface area (Å²) in [6.45, 7) is 1.88. The highest BCUT2D eigenvalue weighted by molar-refractivity contribution is 7.92. The van der Waals surface area contributed by atoms with Crippen molar-refractivity contribution in [1.29, 1.82) is 0 Å². The summed E-state index contributed by atoms with van der Waals surface area (Å²) < 4.78 is 24.5. The average molecular weight is 278 g/mol. The number of aromatic nitrogens is 2. The third-order valence-electron chi connectivity index (χ3n) is 2.26. The molecule has 0 aliphatic carbocycles. The van der Waals surface area contributed by atoms with Gasteiger partial charge in [-0.05, 0) is 31.2 Å². The van der Waals surface area contributed by atoms with Crippen LogP contribution in [0.2, 0.25) is 0 Å². The predicted molar refractivity (Wildman–Crippen MR) is 75.0 cm³/mol. The molecule has 0 aliphatic heterocycles. The van der Waals surface area contributed by atoms with Crippen LogP contribution in [0.25, 0.3) is 0 Å². The lowest BCUT2D eigenvalue weighted by molar-refractivity contribution is 0.607. The van der Waals surface area contributed by atoms with E-state index in [9.17, 15) is 8.42 Å². The molecule has 0 amide bonds. The van der Waals surface area contributed by atoms with Crippen LogP contribution < -0.4 is 10.0 Å². The smallest absolute Gasteiger partial charge is 0.229 e. The maximum absolute atomic E-state index is 11.1. The molecule has 0 saturated carbocycles. The van der Waals surface area contributed by atoms with E-state index in [1.807, 2.05) is 13.0 Å². The number of benzene rings is 1. The van der Waals surface area contributed by atoms with Gasteiger partial charge in [0.2, 0.25) is 10.0 Å². The Morgan fingerprint density at radius 2 is 1.68 bits per heavy atom. The Labute approximate surface area is 112 Å². The third kappa shape index (κ3) is 4.22. The van der Waals surface area contributed by atoms with Gasteiger partial charge in [0.05, 0.1) is 6.26 Å². The molecule has 0 radical (unpaired) electrons. The van der Waals surface area contributed by atoms with Gasteiger partial charge in [0.1, 0.15) is 12.1 Å². The first-order valence-corrected chi connectivity index (χ1v) is 7.45. The summed E-state index contributed by atoms with van der Waals surface area (Å²) in [5, 5.41) is 3.11. The van der Waals surface area contributed by atoms with Crippen LogP contribution in [0.5, 0.6) is 0 Å². The first-order valence-electron chi connectivity index (χ1n) is 5.56. The fourth-order valence-corrected chi connectivity index (χ4v) is 2.07. The highest BCUT2D eigenvalue weighted by Crippen LogP contribution is 2.18. The molecule has 1 aromatic carbocycles. The normalized spacial score (nSPS) is 11.1. The Hall–Kier alpha value is -2.15. The van der Waals surface area contributed by atoms with Crippen molar-refractivity contribution in [2.24, 2.45) is 0 Å². The summed E-state index contributed by atoms with van der Waals surface area (Å²) in [4.78, 5) is 8.09. The second-order valence-corrected chi connectivity index (χ2v) is 5.87. The van der Waals surface area contributed by atoms with E-state index >= 15 is 0 Å². The fraction of sp³-hybridized carbons (Fsp3) is 0.167. The molecule has 2 rings (SSSR count). The summed E-state index contributed by atoms with van der Waals surface area (Å²) in [7, 11) is -3.25. The number of aryl methyl sites for hydroxylation is 1. The molecule has 0 unspecified atom stereocenters. The molecule has 0 atom stereocenters. The van der Waals surface area contributed by atoms with E-state index in [2.05, 4.69) is 20.0 Å². The molecular formula is C12H14N4O2S. The maximum atomic E-state index is 11.1. The zero-order valence-electron chi connectivity index (χ0n) is 10.6. The number of nitrogens with one attached hydrogen (secondary N) is 2. The van der Waals surface area contributed by atoms with E-state index in [0.717, 1.165) is 17.6 Å². The molecule has 0 bridgehead atoms. The van der Waals surface area contributed by atoms with Crippen molar-refractivity contribution in [3.05, 3.63) is 42.4 Å². The second-order valence-electron chi connectivity index (χ2n) is 4.12. The lowest BCUT2D eigenvalue weighted by atomic mass is 10.3. The molecule has 100 valence electrons. The third-order valence-corrected chi connectivity index (χ3v) is 2.87. The van der Waals surface area contributed by atoms with Crippen LogP contribution in [0.3, 0.4) is 0 Å². The van der Waals surface area contributed by atoms with Crippen molar-refractivity contribution < 1.29 is 8.42 Å². The van der Waals surface area contributed by atoms with Crippen LogP contribution in [-0.4, -0.2) is 24.6 Å². The molecule has 1 heterocycles. The van der Waals surface area contributed by atoms with Crippen LogP contribution in [-0.2, 0) is 10.0 Å². The topological polar surface area (TPSA) is 84.0 Å². The zero-order valence-corrected chi connectivity index (χ0v) is 11.4. The zero-order chi connectivity index (χ0) is 13.9. The van der Waals surface area contributed by atoms with Crippen molar-refractivity contribution in [2.75, 3.05) is 16.3 Å². The van der Waals surface area contributed by atoms with E-state index in [4.69, 9.17) is 0 Å². The summed E-state index contributed by atoms with van der Waals surface area (Å²) in [5.41, 5.74) is 2.21. The van der Waals surface area contributed by atoms with Crippen molar-refractivity contribution in [3.63, 3.8) is 0 Å². The summed E-state index contributed by atoms with van der Waals surface area (Å²) in [6.07, 6.45) is 2.60. The van der Waals surface area contributed by atoms with E-state index in [0.29, 0.717) is 11.5 Å². The molecule has 2 N–H and O–H groups in total. The SMILES string of the molecule is Cc1cc(Nc2ccc(NS(C)(=O)=O)cc2)ncn1. The number of anilines is 3. The van der Waals surface area contributed by atoms with Gasteiger partial charge in [0.15, 0.2) is 0 Å². The van der Waals surface area contributed by atoms with Gasteiger partial charge in [-0.3, -0.25) is 4.72 Å². The lowest BCUT2D eigenvalue weighted by Crippen LogP contribution is -2.09. The minimum atomic E-state index is -3.25. The van der Waals surface area contributed by atoms with Gasteiger partial charge in [-0.1, -0.05) is 0 Å². The van der Waals surface area contributed by atoms with Crippen LogP contribution in [0.1, 0.15) is 5.69 Å². The predicted octanol–water partition coefficient (Wildman–Crippen LogP) is 1.90. The Kier molecular flexibility index (Phi) is 3.66. The van der Waals surface area contributed by atoms with Gasteiger partial charge in [-0.15, -0.1) is 0 Å².